The van der Waals surface area contributed by atoms with Crippen molar-refractivity contribution in [1.82, 2.24) is 0 Å². The van der Waals surface area contributed by atoms with Gasteiger partial charge in [0.25, 0.3) is 0 Å². The number of halogens is 1. The molecule has 0 unspecified atom stereocenters. The highest BCUT2D eigenvalue weighted by Gasteiger charge is 2.15. The summed E-state index contributed by atoms with van der Waals surface area (Å²) in [6.45, 7) is 1.85. The molecule has 0 amide bonds. The third-order valence-corrected chi connectivity index (χ3v) is 1.86. The van der Waals surface area contributed by atoms with Gasteiger partial charge in [0, 0.05) is 0 Å². The molecule has 0 bridgehead atoms. The van der Waals surface area contributed by atoms with E-state index in [0.717, 1.165) is 0 Å². The average molecular weight is 229 g/mol. The van der Waals surface area contributed by atoms with Gasteiger partial charge in [0.2, 0.25) is 0 Å². The molecule has 1 aromatic carbocycles. The Kier molecular flexibility index (Phi) is 4.98. The van der Waals surface area contributed by atoms with E-state index in [4.69, 9.17) is 21.1 Å². The highest BCUT2D eigenvalue weighted by Crippen LogP contribution is 2.11. The maximum atomic E-state index is 11.3. The topological polar surface area (TPSA) is 35.5 Å². The molecule has 1 atom stereocenters. The third kappa shape index (κ3) is 4.21. The van der Waals surface area contributed by atoms with Gasteiger partial charge in [0.1, 0.15) is 12.4 Å². The summed E-state index contributed by atoms with van der Waals surface area (Å²) in [6.07, 6.45) is -0.615. The molecule has 4 heteroatoms. The molecular formula is C11H13ClO3. The first-order valence-electron chi connectivity index (χ1n) is 4.68. The van der Waals surface area contributed by atoms with Crippen LogP contribution >= 0.6 is 11.6 Å². The Labute approximate surface area is 93.9 Å². The maximum Gasteiger partial charge on any atom is 0.347 e. The number of rotatable bonds is 5. The molecule has 0 N–H and O–H groups in total. The molecule has 1 aromatic rings. The molecule has 0 aliphatic heterocycles. The predicted octanol–water partition coefficient (Wildman–Crippen LogP) is 2.24. The quantitative estimate of drug-likeness (QED) is 0.573. The Bertz CT molecular complexity index is 300. The molecule has 0 saturated heterocycles. The average Bonchev–Trinajstić information content (AvgIpc) is 2.27. The third-order valence-electron chi connectivity index (χ3n) is 1.71. The fourth-order valence-corrected chi connectivity index (χ4v) is 1.08. The molecule has 0 fully saturated rings. The van der Waals surface area contributed by atoms with Crippen LogP contribution in [0.1, 0.15) is 6.92 Å². The summed E-state index contributed by atoms with van der Waals surface area (Å²) in [5, 5.41) is 0. The SMILES string of the molecule is C[C@H](Oc1ccccc1)C(=O)OCCCl. The van der Waals surface area contributed by atoms with Crippen molar-refractivity contribution in [3.8, 4) is 5.75 Å². The van der Waals surface area contributed by atoms with E-state index in [1.165, 1.54) is 0 Å². The van der Waals surface area contributed by atoms with Gasteiger partial charge in [0.15, 0.2) is 6.10 Å². The van der Waals surface area contributed by atoms with Gasteiger partial charge in [-0.1, -0.05) is 18.2 Å². The standard InChI is InChI=1S/C11H13ClO3/c1-9(11(13)14-8-7-12)15-10-5-3-2-4-6-10/h2-6,9H,7-8H2,1H3/t9-/m0/s1. The van der Waals surface area contributed by atoms with Gasteiger partial charge in [-0.3, -0.25) is 0 Å². The number of hydrogen-bond donors (Lipinski definition) is 0. The van der Waals surface area contributed by atoms with Crippen LogP contribution in [0.25, 0.3) is 0 Å². The molecule has 0 aliphatic rings. The molecule has 3 nitrogen and oxygen atoms in total. The van der Waals surface area contributed by atoms with Crippen molar-refractivity contribution in [1.29, 1.82) is 0 Å². The Morgan fingerprint density at radius 1 is 1.40 bits per heavy atom. The van der Waals surface area contributed by atoms with Gasteiger partial charge in [-0.2, -0.15) is 0 Å². The second kappa shape index (κ2) is 6.30. The van der Waals surface area contributed by atoms with E-state index in [9.17, 15) is 4.79 Å². The van der Waals surface area contributed by atoms with E-state index in [1.807, 2.05) is 18.2 Å². The van der Waals surface area contributed by atoms with Crippen molar-refractivity contribution in [3.05, 3.63) is 30.3 Å². The Morgan fingerprint density at radius 3 is 2.67 bits per heavy atom. The van der Waals surface area contributed by atoms with Crippen LogP contribution in [0.5, 0.6) is 5.75 Å². The number of benzene rings is 1. The van der Waals surface area contributed by atoms with Crippen molar-refractivity contribution in [2.75, 3.05) is 12.5 Å². The van der Waals surface area contributed by atoms with Crippen LogP contribution in [-0.2, 0) is 9.53 Å². The van der Waals surface area contributed by atoms with Gasteiger partial charge in [0.05, 0.1) is 5.88 Å². The zero-order valence-corrected chi connectivity index (χ0v) is 9.24. The normalized spacial score (nSPS) is 11.9. The van der Waals surface area contributed by atoms with Crippen LogP contribution in [0.15, 0.2) is 30.3 Å². The lowest BCUT2D eigenvalue weighted by molar-refractivity contribution is -0.150. The first-order valence-corrected chi connectivity index (χ1v) is 5.22. The van der Waals surface area contributed by atoms with Gasteiger partial charge in [-0.25, -0.2) is 4.79 Å². The number of carbonyl (C=O) groups excluding carboxylic acids is 1. The van der Waals surface area contributed by atoms with E-state index in [0.29, 0.717) is 11.6 Å². The van der Waals surface area contributed by atoms with Crippen LogP contribution in [-0.4, -0.2) is 24.6 Å². The molecule has 0 heterocycles. The highest BCUT2D eigenvalue weighted by molar-refractivity contribution is 6.18. The summed E-state index contributed by atoms with van der Waals surface area (Å²) in [5.74, 6) is 0.538. The first-order chi connectivity index (χ1) is 7.24. The van der Waals surface area contributed by atoms with E-state index >= 15 is 0 Å². The van der Waals surface area contributed by atoms with Gasteiger partial charge in [-0.15, -0.1) is 11.6 Å². The molecule has 0 saturated carbocycles. The summed E-state index contributed by atoms with van der Waals surface area (Å²) in [5.41, 5.74) is 0. The summed E-state index contributed by atoms with van der Waals surface area (Å²) >= 11 is 5.39. The number of carbonyl (C=O) groups is 1. The Hall–Kier alpha value is -1.22. The maximum absolute atomic E-state index is 11.3. The van der Waals surface area contributed by atoms with E-state index < -0.39 is 12.1 Å². The molecule has 0 spiro atoms. The minimum Gasteiger partial charge on any atom is -0.479 e. The summed E-state index contributed by atoms with van der Waals surface area (Å²) in [6, 6.07) is 9.12. The lowest BCUT2D eigenvalue weighted by Gasteiger charge is -2.13. The Balaban J connectivity index is 2.41. The minimum atomic E-state index is -0.615. The largest absolute Gasteiger partial charge is 0.479 e. The van der Waals surface area contributed by atoms with Crippen LogP contribution in [0.2, 0.25) is 0 Å². The fourth-order valence-electron chi connectivity index (χ4n) is 1.01. The highest BCUT2D eigenvalue weighted by atomic mass is 35.5. The second-order valence-electron chi connectivity index (χ2n) is 2.93. The van der Waals surface area contributed by atoms with Crippen molar-refractivity contribution < 1.29 is 14.3 Å². The van der Waals surface area contributed by atoms with Crippen LogP contribution in [0.3, 0.4) is 0 Å². The number of esters is 1. The van der Waals surface area contributed by atoms with Crippen molar-refractivity contribution in [2.45, 2.75) is 13.0 Å². The van der Waals surface area contributed by atoms with E-state index in [1.54, 1.807) is 19.1 Å². The monoisotopic (exact) mass is 228 g/mol. The summed E-state index contributed by atoms with van der Waals surface area (Å²) in [7, 11) is 0. The molecule has 0 radical (unpaired) electrons. The van der Waals surface area contributed by atoms with Gasteiger partial charge >= 0.3 is 5.97 Å². The predicted molar refractivity (Wildman–Crippen MR) is 58.2 cm³/mol. The zero-order valence-electron chi connectivity index (χ0n) is 8.48. The first kappa shape index (κ1) is 11.9. The lowest BCUT2D eigenvalue weighted by atomic mass is 10.3. The van der Waals surface area contributed by atoms with Crippen LogP contribution in [0.4, 0.5) is 0 Å². The molecular weight excluding hydrogens is 216 g/mol. The summed E-state index contributed by atoms with van der Waals surface area (Å²) < 4.78 is 10.2. The number of ether oxygens (including phenoxy) is 2. The smallest absolute Gasteiger partial charge is 0.347 e. The summed E-state index contributed by atoms with van der Waals surface area (Å²) in [4.78, 5) is 11.3. The van der Waals surface area contributed by atoms with E-state index in [2.05, 4.69) is 0 Å². The van der Waals surface area contributed by atoms with Crippen molar-refractivity contribution >= 4 is 17.6 Å². The van der Waals surface area contributed by atoms with Crippen LogP contribution in [0, 0.1) is 0 Å². The number of alkyl halides is 1. The fraction of sp³-hybridized carbons (Fsp3) is 0.364. The lowest BCUT2D eigenvalue weighted by Crippen LogP contribution is -2.26. The van der Waals surface area contributed by atoms with Crippen molar-refractivity contribution in [2.24, 2.45) is 0 Å². The van der Waals surface area contributed by atoms with Crippen molar-refractivity contribution in [3.63, 3.8) is 0 Å². The Morgan fingerprint density at radius 2 is 2.07 bits per heavy atom. The van der Waals surface area contributed by atoms with Gasteiger partial charge < -0.3 is 9.47 Å². The molecule has 0 aromatic heterocycles. The minimum absolute atomic E-state index is 0.211. The second-order valence-corrected chi connectivity index (χ2v) is 3.31. The van der Waals surface area contributed by atoms with Crippen LogP contribution < -0.4 is 4.74 Å². The van der Waals surface area contributed by atoms with Gasteiger partial charge in [-0.05, 0) is 19.1 Å². The molecule has 0 aliphatic carbocycles. The van der Waals surface area contributed by atoms with E-state index in [-0.39, 0.29) is 6.61 Å². The number of hydrogen-bond acceptors (Lipinski definition) is 3. The molecule has 82 valence electrons. The molecule has 15 heavy (non-hydrogen) atoms. The zero-order chi connectivity index (χ0) is 11.1. The molecule has 1 rings (SSSR count). The number of para-hydroxylation sites is 1.